The van der Waals surface area contributed by atoms with Gasteiger partial charge in [-0.3, -0.25) is 4.90 Å². The minimum atomic E-state index is -0.187. The molecule has 0 radical (unpaired) electrons. The van der Waals surface area contributed by atoms with Gasteiger partial charge in [-0.25, -0.2) is 0 Å². The summed E-state index contributed by atoms with van der Waals surface area (Å²) in [6, 6.07) is 8.21. The smallest absolute Gasteiger partial charge is 0.176 e. The molecule has 0 saturated heterocycles. The highest BCUT2D eigenvalue weighted by molar-refractivity contribution is 5.35. The molecule has 1 atom stereocenters. The third kappa shape index (κ3) is 2.38. The molecule has 5 nitrogen and oxygen atoms in total. The SMILES string of the molecule is CC[C@](C)(c1nnnn1-c1cccc(C)c1)N(C)C. The Morgan fingerprint density at radius 2 is 2.05 bits per heavy atom. The average molecular weight is 259 g/mol. The van der Waals surface area contributed by atoms with Crippen LogP contribution < -0.4 is 0 Å². The zero-order valence-corrected chi connectivity index (χ0v) is 12.3. The Kier molecular flexibility index (Phi) is 3.66. The number of rotatable bonds is 4. The van der Waals surface area contributed by atoms with E-state index in [9.17, 15) is 0 Å². The zero-order chi connectivity index (χ0) is 14.0. The lowest BCUT2D eigenvalue weighted by molar-refractivity contribution is 0.153. The molecule has 2 aromatic rings. The van der Waals surface area contributed by atoms with Gasteiger partial charge in [0.15, 0.2) is 5.82 Å². The summed E-state index contributed by atoms with van der Waals surface area (Å²) >= 11 is 0. The van der Waals surface area contributed by atoms with Crippen LogP contribution in [-0.4, -0.2) is 39.2 Å². The highest BCUT2D eigenvalue weighted by atomic mass is 15.6. The average Bonchev–Trinajstić information content (AvgIpc) is 2.87. The summed E-state index contributed by atoms with van der Waals surface area (Å²) < 4.78 is 1.83. The first-order valence-corrected chi connectivity index (χ1v) is 6.52. The van der Waals surface area contributed by atoms with Gasteiger partial charge in [0.1, 0.15) is 0 Å². The molecule has 0 aliphatic rings. The number of hydrogen-bond acceptors (Lipinski definition) is 4. The number of nitrogens with zero attached hydrogens (tertiary/aromatic N) is 5. The maximum absolute atomic E-state index is 4.25. The molecule has 5 heteroatoms. The van der Waals surface area contributed by atoms with Crippen molar-refractivity contribution < 1.29 is 0 Å². The third-order valence-electron chi connectivity index (χ3n) is 3.87. The van der Waals surface area contributed by atoms with Gasteiger partial charge >= 0.3 is 0 Å². The van der Waals surface area contributed by atoms with Gasteiger partial charge in [0.05, 0.1) is 11.2 Å². The first-order chi connectivity index (χ1) is 8.99. The van der Waals surface area contributed by atoms with Crippen molar-refractivity contribution in [3.8, 4) is 5.69 Å². The first-order valence-electron chi connectivity index (χ1n) is 6.52. The molecule has 1 aromatic heterocycles. The summed E-state index contributed by atoms with van der Waals surface area (Å²) in [7, 11) is 4.11. The molecular weight excluding hydrogens is 238 g/mol. The van der Waals surface area contributed by atoms with E-state index in [0.717, 1.165) is 17.9 Å². The van der Waals surface area contributed by atoms with Gasteiger partial charge in [-0.1, -0.05) is 19.1 Å². The van der Waals surface area contributed by atoms with E-state index in [1.54, 1.807) is 0 Å². The molecule has 19 heavy (non-hydrogen) atoms. The summed E-state index contributed by atoms with van der Waals surface area (Å²) in [5.74, 6) is 0.866. The van der Waals surface area contributed by atoms with Gasteiger partial charge in [-0.05, 0) is 62.5 Å². The fraction of sp³-hybridized carbons (Fsp3) is 0.500. The van der Waals surface area contributed by atoms with E-state index in [0.29, 0.717) is 0 Å². The highest BCUT2D eigenvalue weighted by Crippen LogP contribution is 2.28. The lowest BCUT2D eigenvalue weighted by atomic mass is 9.96. The standard InChI is InChI=1S/C14H21N5/c1-6-14(3,18(4)5)13-15-16-17-19(13)12-9-7-8-11(2)10-12/h7-10H,6H2,1-5H3/t14-/m1/s1. The van der Waals surface area contributed by atoms with Crippen LogP contribution in [0, 0.1) is 6.92 Å². The molecule has 0 unspecified atom stereocenters. The van der Waals surface area contributed by atoms with Gasteiger partial charge in [0, 0.05) is 0 Å². The quantitative estimate of drug-likeness (QED) is 0.844. The molecule has 0 bridgehead atoms. The topological polar surface area (TPSA) is 46.8 Å². The Bertz CT molecular complexity index is 560. The Morgan fingerprint density at radius 3 is 2.63 bits per heavy atom. The molecule has 1 heterocycles. The molecule has 0 aliphatic carbocycles. The summed E-state index contributed by atoms with van der Waals surface area (Å²) in [4.78, 5) is 2.16. The second kappa shape index (κ2) is 5.09. The Labute approximate surface area is 114 Å². The van der Waals surface area contributed by atoms with Gasteiger partial charge in [-0.2, -0.15) is 4.68 Å². The molecule has 0 spiro atoms. The van der Waals surface area contributed by atoms with E-state index in [1.165, 1.54) is 5.56 Å². The van der Waals surface area contributed by atoms with Crippen molar-refractivity contribution in [3.05, 3.63) is 35.7 Å². The minimum absolute atomic E-state index is 0.187. The van der Waals surface area contributed by atoms with Crippen LogP contribution in [0.25, 0.3) is 5.69 Å². The lowest BCUT2D eigenvalue weighted by Gasteiger charge is -2.34. The molecule has 0 N–H and O–H groups in total. The number of aryl methyl sites for hydroxylation is 1. The number of aromatic nitrogens is 4. The molecule has 102 valence electrons. The predicted octanol–water partition coefficient (Wildman–Crippen LogP) is 2.16. The van der Waals surface area contributed by atoms with Crippen molar-refractivity contribution in [1.29, 1.82) is 0 Å². The molecule has 0 saturated carbocycles. The molecule has 1 aromatic carbocycles. The van der Waals surface area contributed by atoms with Crippen molar-refractivity contribution in [2.75, 3.05) is 14.1 Å². The Hall–Kier alpha value is -1.75. The van der Waals surface area contributed by atoms with E-state index in [-0.39, 0.29) is 5.54 Å². The lowest BCUT2D eigenvalue weighted by Crippen LogP contribution is -2.40. The van der Waals surface area contributed by atoms with Crippen molar-refractivity contribution in [2.45, 2.75) is 32.7 Å². The van der Waals surface area contributed by atoms with Crippen molar-refractivity contribution in [1.82, 2.24) is 25.1 Å². The first kappa shape index (κ1) is 13.7. The van der Waals surface area contributed by atoms with Crippen LogP contribution in [0.1, 0.15) is 31.7 Å². The van der Waals surface area contributed by atoms with Gasteiger partial charge in [0.2, 0.25) is 0 Å². The number of hydrogen-bond donors (Lipinski definition) is 0. The maximum atomic E-state index is 4.25. The molecule has 2 rings (SSSR count). The fourth-order valence-corrected chi connectivity index (χ4v) is 2.13. The monoisotopic (exact) mass is 259 g/mol. The summed E-state index contributed by atoms with van der Waals surface area (Å²) in [6.45, 7) is 6.37. The van der Waals surface area contributed by atoms with E-state index in [2.05, 4.69) is 67.4 Å². The second-order valence-corrected chi connectivity index (χ2v) is 5.28. The van der Waals surface area contributed by atoms with Gasteiger partial charge < -0.3 is 0 Å². The van der Waals surface area contributed by atoms with E-state index in [4.69, 9.17) is 0 Å². The van der Waals surface area contributed by atoms with Crippen LogP contribution in [0.5, 0.6) is 0 Å². The fourth-order valence-electron chi connectivity index (χ4n) is 2.13. The van der Waals surface area contributed by atoms with Crippen molar-refractivity contribution in [3.63, 3.8) is 0 Å². The van der Waals surface area contributed by atoms with E-state index in [1.807, 2.05) is 16.8 Å². The molecule has 0 fully saturated rings. The van der Waals surface area contributed by atoms with Crippen LogP contribution in [0.15, 0.2) is 24.3 Å². The molecular formula is C14H21N5. The van der Waals surface area contributed by atoms with E-state index >= 15 is 0 Å². The normalized spacial score (nSPS) is 14.6. The van der Waals surface area contributed by atoms with Gasteiger partial charge in [-0.15, -0.1) is 5.10 Å². The van der Waals surface area contributed by atoms with Crippen molar-refractivity contribution in [2.24, 2.45) is 0 Å². The minimum Gasteiger partial charge on any atom is -0.297 e. The highest BCUT2D eigenvalue weighted by Gasteiger charge is 2.33. The Balaban J connectivity index is 2.54. The number of tetrazole rings is 1. The third-order valence-corrected chi connectivity index (χ3v) is 3.87. The zero-order valence-electron chi connectivity index (χ0n) is 12.3. The molecule has 0 amide bonds. The predicted molar refractivity (Wildman–Crippen MR) is 75.2 cm³/mol. The van der Waals surface area contributed by atoms with Crippen molar-refractivity contribution >= 4 is 0 Å². The maximum Gasteiger partial charge on any atom is 0.176 e. The second-order valence-electron chi connectivity index (χ2n) is 5.28. The van der Waals surface area contributed by atoms with Crippen LogP contribution in [0.2, 0.25) is 0 Å². The van der Waals surface area contributed by atoms with E-state index < -0.39 is 0 Å². The molecule has 0 aliphatic heterocycles. The summed E-state index contributed by atoms with van der Waals surface area (Å²) in [5.41, 5.74) is 2.01. The Morgan fingerprint density at radius 1 is 1.32 bits per heavy atom. The largest absolute Gasteiger partial charge is 0.297 e. The van der Waals surface area contributed by atoms with Crippen LogP contribution in [-0.2, 0) is 5.54 Å². The van der Waals surface area contributed by atoms with Gasteiger partial charge in [0.25, 0.3) is 0 Å². The van der Waals surface area contributed by atoms with Crippen LogP contribution in [0.4, 0.5) is 0 Å². The van der Waals surface area contributed by atoms with Crippen LogP contribution >= 0.6 is 0 Å². The number of benzene rings is 1. The summed E-state index contributed by atoms with van der Waals surface area (Å²) in [5, 5.41) is 12.3. The summed E-state index contributed by atoms with van der Waals surface area (Å²) in [6.07, 6.45) is 0.937. The van der Waals surface area contributed by atoms with Crippen LogP contribution in [0.3, 0.4) is 0 Å².